The Morgan fingerprint density at radius 3 is 3.00 bits per heavy atom. The summed E-state index contributed by atoms with van der Waals surface area (Å²) in [6.07, 6.45) is 1.77. The molecule has 0 bridgehead atoms. The second-order valence-corrected chi connectivity index (χ2v) is 4.74. The number of ether oxygens (including phenoxy) is 1. The molecule has 0 spiro atoms. The molecular weight excluding hydrogens is 232 g/mol. The number of nitrogens with zero attached hydrogens (tertiary/aromatic N) is 2. The van der Waals surface area contributed by atoms with Gasteiger partial charge in [-0.1, -0.05) is 6.92 Å². The highest BCUT2D eigenvalue weighted by molar-refractivity contribution is 5.92. The van der Waals surface area contributed by atoms with E-state index in [9.17, 15) is 4.79 Å². The summed E-state index contributed by atoms with van der Waals surface area (Å²) < 4.78 is 7.48. The SMILES string of the molecule is C[C@H]1COC[C@H]1n1cnc2ccc(C(=O)O)cc21. The lowest BCUT2D eigenvalue weighted by Crippen LogP contribution is -2.14. The van der Waals surface area contributed by atoms with E-state index < -0.39 is 5.97 Å². The largest absolute Gasteiger partial charge is 0.478 e. The first kappa shape index (κ1) is 11.2. The third kappa shape index (κ3) is 1.67. The summed E-state index contributed by atoms with van der Waals surface area (Å²) in [5, 5.41) is 9.04. The van der Waals surface area contributed by atoms with Gasteiger partial charge in [0.15, 0.2) is 0 Å². The lowest BCUT2D eigenvalue weighted by Gasteiger charge is -2.16. The Balaban J connectivity index is 2.11. The van der Waals surface area contributed by atoms with E-state index in [1.807, 2.05) is 4.57 Å². The third-order valence-electron chi connectivity index (χ3n) is 3.51. The van der Waals surface area contributed by atoms with Crippen molar-refractivity contribution in [1.82, 2.24) is 9.55 Å². The van der Waals surface area contributed by atoms with Crippen LogP contribution < -0.4 is 0 Å². The maximum absolute atomic E-state index is 11.0. The van der Waals surface area contributed by atoms with Crippen LogP contribution in [0.2, 0.25) is 0 Å². The van der Waals surface area contributed by atoms with Crippen molar-refractivity contribution < 1.29 is 14.6 Å². The molecule has 2 atom stereocenters. The molecular formula is C13H14N2O3. The van der Waals surface area contributed by atoms with Gasteiger partial charge in [-0.15, -0.1) is 0 Å². The van der Waals surface area contributed by atoms with E-state index in [4.69, 9.17) is 9.84 Å². The molecule has 1 aromatic heterocycles. The number of hydrogen-bond acceptors (Lipinski definition) is 3. The summed E-state index contributed by atoms with van der Waals surface area (Å²) in [7, 11) is 0. The van der Waals surface area contributed by atoms with Gasteiger partial charge in [-0.3, -0.25) is 0 Å². The zero-order chi connectivity index (χ0) is 12.7. The molecule has 1 fully saturated rings. The van der Waals surface area contributed by atoms with Gasteiger partial charge in [0.05, 0.1) is 42.2 Å². The van der Waals surface area contributed by atoms with Crippen LogP contribution in [0.15, 0.2) is 24.5 Å². The summed E-state index contributed by atoms with van der Waals surface area (Å²) in [5.74, 6) is -0.503. The fourth-order valence-electron chi connectivity index (χ4n) is 2.43. The van der Waals surface area contributed by atoms with Crippen molar-refractivity contribution >= 4 is 17.0 Å². The molecule has 5 nitrogen and oxygen atoms in total. The Labute approximate surface area is 104 Å². The molecule has 0 radical (unpaired) electrons. The molecule has 0 aliphatic carbocycles. The summed E-state index contributed by atoms with van der Waals surface area (Å²) in [4.78, 5) is 15.3. The van der Waals surface area contributed by atoms with E-state index in [2.05, 4.69) is 11.9 Å². The molecule has 0 unspecified atom stereocenters. The zero-order valence-electron chi connectivity index (χ0n) is 10.0. The highest BCUT2D eigenvalue weighted by Crippen LogP contribution is 2.29. The number of fused-ring (bicyclic) bond motifs is 1. The highest BCUT2D eigenvalue weighted by Gasteiger charge is 2.27. The molecule has 1 aliphatic rings. The Kier molecular flexibility index (Phi) is 2.56. The van der Waals surface area contributed by atoms with Gasteiger partial charge in [-0.2, -0.15) is 0 Å². The molecule has 1 saturated heterocycles. The van der Waals surface area contributed by atoms with Gasteiger partial charge in [0.25, 0.3) is 0 Å². The van der Waals surface area contributed by atoms with Crippen LogP contribution in [0.3, 0.4) is 0 Å². The quantitative estimate of drug-likeness (QED) is 0.879. The Morgan fingerprint density at radius 1 is 1.50 bits per heavy atom. The fraction of sp³-hybridized carbons (Fsp3) is 0.385. The molecule has 1 aliphatic heterocycles. The minimum Gasteiger partial charge on any atom is -0.478 e. The highest BCUT2D eigenvalue weighted by atomic mass is 16.5. The predicted octanol–water partition coefficient (Wildman–Crippen LogP) is 1.94. The molecule has 1 N–H and O–H groups in total. The van der Waals surface area contributed by atoms with Gasteiger partial charge in [0, 0.05) is 5.92 Å². The van der Waals surface area contributed by atoms with Crippen molar-refractivity contribution in [2.45, 2.75) is 13.0 Å². The van der Waals surface area contributed by atoms with E-state index in [0.29, 0.717) is 12.5 Å². The van der Waals surface area contributed by atoms with E-state index in [1.54, 1.807) is 24.5 Å². The maximum Gasteiger partial charge on any atom is 0.335 e. The van der Waals surface area contributed by atoms with Crippen molar-refractivity contribution in [1.29, 1.82) is 0 Å². The van der Waals surface area contributed by atoms with Gasteiger partial charge >= 0.3 is 5.97 Å². The Hall–Kier alpha value is -1.88. The van der Waals surface area contributed by atoms with Crippen molar-refractivity contribution in [3.05, 3.63) is 30.1 Å². The topological polar surface area (TPSA) is 64.4 Å². The maximum atomic E-state index is 11.0. The van der Waals surface area contributed by atoms with Crippen molar-refractivity contribution in [3.8, 4) is 0 Å². The molecule has 1 aromatic carbocycles. The smallest absolute Gasteiger partial charge is 0.335 e. The first-order valence-corrected chi connectivity index (χ1v) is 5.94. The summed E-state index contributed by atoms with van der Waals surface area (Å²) in [5.41, 5.74) is 1.96. The van der Waals surface area contributed by atoms with Crippen LogP contribution >= 0.6 is 0 Å². The molecule has 0 amide bonds. The summed E-state index contributed by atoms with van der Waals surface area (Å²) >= 11 is 0. The van der Waals surface area contributed by atoms with Crippen molar-refractivity contribution in [2.24, 2.45) is 5.92 Å². The number of rotatable bonds is 2. The lowest BCUT2D eigenvalue weighted by atomic mass is 10.1. The molecule has 0 saturated carbocycles. The van der Waals surface area contributed by atoms with Crippen LogP contribution in [-0.2, 0) is 4.74 Å². The molecule has 94 valence electrons. The van der Waals surface area contributed by atoms with Gasteiger partial charge in [0.2, 0.25) is 0 Å². The minimum absolute atomic E-state index is 0.235. The van der Waals surface area contributed by atoms with Gasteiger partial charge < -0.3 is 14.4 Å². The van der Waals surface area contributed by atoms with Gasteiger partial charge in [-0.05, 0) is 18.2 Å². The van der Waals surface area contributed by atoms with Crippen LogP contribution in [0.25, 0.3) is 11.0 Å². The van der Waals surface area contributed by atoms with Crippen LogP contribution in [0, 0.1) is 5.92 Å². The van der Waals surface area contributed by atoms with Crippen LogP contribution in [0.4, 0.5) is 0 Å². The molecule has 2 heterocycles. The number of hydrogen-bond donors (Lipinski definition) is 1. The number of aromatic nitrogens is 2. The summed E-state index contributed by atoms with van der Waals surface area (Å²) in [6.45, 7) is 3.53. The number of benzene rings is 1. The average Bonchev–Trinajstić information content (AvgIpc) is 2.93. The third-order valence-corrected chi connectivity index (χ3v) is 3.51. The van der Waals surface area contributed by atoms with Gasteiger partial charge in [0.1, 0.15) is 0 Å². The van der Waals surface area contributed by atoms with Crippen molar-refractivity contribution in [3.63, 3.8) is 0 Å². The molecule has 2 aromatic rings. The van der Waals surface area contributed by atoms with Crippen LogP contribution in [0.1, 0.15) is 23.3 Å². The molecule has 18 heavy (non-hydrogen) atoms. The monoisotopic (exact) mass is 246 g/mol. The number of aromatic carboxylic acids is 1. The normalized spacial score (nSPS) is 23.6. The minimum atomic E-state index is -0.916. The Bertz CT molecular complexity index is 605. The van der Waals surface area contributed by atoms with Crippen LogP contribution in [-0.4, -0.2) is 33.8 Å². The lowest BCUT2D eigenvalue weighted by molar-refractivity contribution is 0.0697. The van der Waals surface area contributed by atoms with Crippen molar-refractivity contribution in [2.75, 3.05) is 13.2 Å². The average molecular weight is 246 g/mol. The fourth-order valence-corrected chi connectivity index (χ4v) is 2.43. The number of carboxylic acids is 1. The number of imidazole rings is 1. The van der Waals surface area contributed by atoms with Gasteiger partial charge in [-0.25, -0.2) is 9.78 Å². The second kappa shape index (κ2) is 4.10. The Morgan fingerprint density at radius 2 is 2.33 bits per heavy atom. The first-order valence-electron chi connectivity index (χ1n) is 5.94. The van der Waals surface area contributed by atoms with E-state index in [-0.39, 0.29) is 11.6 Å². The van der Waals surface area contributed by atoms with E-state index in [0.717, 1.165) is 17.6 Å². The van der Waals surface area contributed by atoms with Crippen LogP contribution in [0.5, 0.6) is 0 Å². The van der Waals surface area contributed by atoms with E-state index >= 15 is 0 Å². The molecule has 3 rings (SSSR count). The first-order chi connectivity index (χ1) is 8.66. The second-order valence-electron chi connectivity index (χ2n) is 4.74. The standard InChI is InChI=1S/C13H14N2O3/c1-8-5-18-6-12(8)15-7-14-10-3-2-9(13(16)17)4-11(10)15/h2-4,7-8,12H,5-6H2,1H3,(H,16,17)/t8-,12+/m0/s1. The summed E-state index contributed by atoms with van der Waals surface area (Å²) in [6, 6.07) is 5.24. The van der Waals surface area contributed by atoms with E-state index in [1.165, 1.54) is 0 Å². The number of carboxylic acid groups (broad SMARTS) is 1. The molecule has 5 heteroatoms. The predicted molar refractivity (Wildman–Crippen MR) is 65.7 cm³/mol. The number of carbonyl (C=O) groups is 1. The zero-order valence-corrected chi connectivity index (χ0v) is 10.0.